The van der Waals surface area contributed by atoms with Gasteiger partial charge in [-0.2, -0.15) is 0 Å². The fraction of sp³-hybridized carbons (Fsp3) is 0.333. The van der Waals surface area contributed by atoms with E-state index in [2.05, 4.69) is 15.2 Å². The molecule has 2 heterocycles. The summed E-state index contributed by atoms with van der Waals surface area (Å²) in [7, 11) is 0. The van der Waals surface area contributed by atoms with E-state index in [1.54, 1.807) is 36.5 Å². The van der Waals surface area contributed by atoms with Crippen LogP contribution in [0.5, 0.6) is 0 Å². The quantitative estimate of drug-likeness (QED) is 0.484. The SMILES string of the molecule is O=C(CCc1ncc(-c2ccc(Cl)cc2Cl)o1)NCC(c1ccc(F)cc1)N1CCOCC1. The Morgan fingerprint density at radius 1 is 1.15 bits per heavy atom. The highest BCUT2D eigenvalue weighted by atomic mass is 35.5. The van der Waals surface area contributed by atoms with Crippen molar-refractivity contribution in [3.63, 3.8) is 0 Å². The molecule has 0 saturated carbocycles. The van der Waals surface area contributed by atoms with E-state index < -0.39 is 0 Å². The molecule has 0 aliphatic carbocycles. The lowest BCUT2D eigenvalue weighted by Crippen LogP contribution is -2.43. The van der Waals surface area contributed by atoms with Crippen molar-refractivity contribution in [1.29, 1.82) is 0 Å². The van der Waals surface area contributed by atoms with Crippen LogP contribution in [0.3, 0.4) is 0 Å². The van der Waals surface area contributed by atoms with Gasteiger partial charge in [-0.15, -0.1) is 0 Å². The molecule has 33 heavy (non-hydrogen) atoms. The summed E-state index contributed by atoms with van der Waals surface area (Å²) in [6, 6.07) is 11.5. The van der Waals surface area contributed by atoms with Gasteiger partial charge in [-0.1, -0.05) is 35.3 Å². The number of halogens is 3. The van der Waals surface area contributed by atoms with Gasteiger partial charge >= 0.3 is 0 Å². The van der Waals surface area contributed by atoms with Crippen molar-refractivity contribution in [2.45, 2.75) is 18.9 Å². The van der Waals surface area contributed by atoms with Crippen molar-refractivity contribution >= 4 is 29.1 Å². The lowest BCUT2D eigenvalue weighted by molar-refractivity contribution is -0.121. The molecule has 9 heteroatoms. The molecule has 2 aromatic carbocycles. The molecular weight excluding hydrogens is 468 g/mol. The van der Waals surface area contributed by atoms with Gasteiger partial charge in [0.15, 0.2) is 11.7 Å². The van der Waals surface area contributed by atoms with Crippen LogP contribution < -0.4 is 5.32 Å². The van der Waals surface area contributed by atoms with Crippen molar-refractivity contribution in [1.82, 2.24) is 15.2 Å². The van der Waals surface area contributed by atoms with Crippen LogP contribution in [0.2, 0.25) is 10.0 Å². The predicted molar refractivity (Wildman–Crippen MR) is 125 cm³/mol. The molecule has 1 aromatic heterocycles. The Bertz CT molecular complexity index is 1080. The maximum Gasteiger partial charge on any atom is 0.220 e. The second-order valence-corrected chi connectivity index (χ2v) is 8.61. The van der Waals surface area contributed by atoms with Crippen LogP contribution in [0.1, 0.15) is 23.9 Å². The number of rotatable bonds is 8. The number of oxazole rings is 1. The van der Waals surface area contributed by atoms with Gasteiger partial charge in [0.25, 0.3) is 0 Å². The molecule has 4 rings (SSSR count). The minimum absolute atomic E-state index is 0.0566. The number of morpholine rings is 1. The monoisotopic (exact) mass is 491 g/mol. The molecule has 1 atom stereocenters. The van der Waals surface area contributed by atoms with Gasteiger partial charge in [0.05, 0.1) is 30.5 Å². The van der Waals surface area contributed by atoms with Crippen LogP contribution in [0.15, 0.2) is 53.1 Å². The molecule has 1 aliphatic heterocycles. The third-order valence-electron chi connectivity index (χ3n) is 5.55. The Balaban J connectivity index is 1.34. The number of benzene rings is 2. The first-order valence-corrected chi connectivity index (χ1v) is 11.5. The van der Waals surface area contributed by atoms with E-state index in [1.165, 1.54) is 12.1 Å². The number of nitrogens with one attached hydrogen (secondary N) is 1. The number of amides is 1. The summed E-state index contributed by atoms with van der Waals surface area (Å²) in [5, 5.41) is 4.01. The number of carbonyl (C=O) groups excluding carboxylic acids is 1. The Labute approximate surface area is 201 Å². The number of nitrogens with zero attached hydrogens (tertiary/aromatic N) is 2. The fourth-order valence-corrected chi connectivity index (χ4v) is 4.29. The summed E-state index contributed by atoms with van der Waals surface area (Å²) in [4.78, 5) is 19.0. The number of ether oxygens (including phenoxy) is 1. The number of aryl methyl sites for hydroxylation is 1. The van der Waals surface area contributed by atoms with E-state index in [-0.39, 0.29) is 24.2 Å². The highest BCUT2D eigenvalue weighted by molar-refractivity contribution is 6.36. The molecular formula is C24H24Cl2FN3O3. The van der Waals surface area contributed by atoms with Crippen LogP contribution in [0.4, 0.5) is 4.39 Å². The Morgan fingerprint density at radius 2 is 1.91 bits per heavy atom. The van der Waals surface area contributed by atoms with Gasteiger partial charge in [0, 0.05) is 43.1 Å². The summed E-state index contributed by atoms with van der Waals surface area (Å²) < 4.78 is 24.6. The predicted octanol–water partition coefficient (Wildman–Crippen LogP) is 4.91. The molecule has 174 valence electrons. The van der Waals surface area contributed by atoms with Gasteiger partial charge in [0.1, 0.15) is 5.82 Å². The highest BCUT2D eigenvalue weighted by Gasteiger charge is 2.23. The van der Waals surface area contributed by atoms with E-state index in [1.807, 2.05) is 0 Å². The van der Waals surface area contributed by atoms with E-state index in [9.17, 15) is 9.18 Å². The summed E-state index contributed by atoms with van der Waals surface area (Å²) in [5.74, 6) is 0.582. The van der Waals surface area contributed by atoms with Crippen molar-refractivity contribution in [3.8, 4) is 11.3 Å². The summed E-state index contributed by atoms with van der Waals surface area (Å²) >= 11 is 12.2. The number of carbonyl (C=O) groups is 1. The molecule has 1 amide bonds. The maximum atomic E-state index is 13.4. The maximum absolute atomic E-state index is 13.4. The first-order valence-electron chi connectivity index (χ1n) is 10.7. The zero-order chi connectivity index (χ0) is 23.2. The first-order chi connectivity index (χ1) is 16.0. The van der Waals surface area contributed by atoms with E-state index in [4.69, 9.17) is 32.4 Å². The second kappa shape index (κ2) is 11.1. The second-order valence-electron chi connectivity index (χ2n) is 7.76. The molecule has 0 spiro atoms. The molecule has 1 N–H and O–H groups in total. The van der Waals surface area contributed by atoms with Gasteiger partial charge < -0.3 is 14.5 Å². The summed E-state index contributed by atoms with van der Waals surface area (Å²) in [6.45, 7) is 3.20. The van der Waals surface area contributed by atoms with Crippen molar-refractivity contribution in [2.24, 2.45) is 0 Å². The molecule has 1 aliphatic rings. The molecule has 0 bridgehead atoms. The van der Waals surface area contributed by atoms with Crippen LogP contribution in [0.25, 0.3) is 11.3 Å². The van der Waals surface area contributed by atoms with Gasteiger partial charge in [-0.3, -0.25) is 9.69 Å². The Kier molecular flexibility index (Phi) is 7.98. The Morgan fingerprint density at radius 3 is 2.64 bits per heavy atom. The largest absolute Gasteiger partial charge is 0.441 e. The molecule has 1 saturated heterocycles. The fourth-order valence-electron chi connectivity index (χ4n) is 3.79. The van der Waals surface area contributed by atoms with Crippen molar-refractivity contribution in [2.75, 3.05) is 32.8 Å². The molecule has 1 unspecified atom stereocenters. The van der Waals surface area contributed by atoms with Crippen LogP contribution >= 0.6 is 23.2 Å². The normalized spacial score (nSPS) is 15.4. The molecule has 1 fully saturated rings. The van der Waals surface area contributed by atoms with Gasteiger partial charge in [-0.25, -0.2) is 9.37 Å². The minimum Gasteiger partial charge on any atom is -0.441 e. The zero-order valence-corrected chi connectivity index (χ0v) is 19.4. The molecule has 0 radical (unpaired) electrons. The van der Waals surface area contributed by atoms with E-state index in [0.29, 0.717) is 53.4 Å². The average molecular weight is 492 g/mol. The lowest BCUT2D eigenvalue weighted by atomic mass is 10.0. The van der Waals surface area contributed by atoms with Crippen LogP contribution in [-0.4, -0.2) is 48.6 Å². The number of hydrogen-bond donors (Lipinski definition) is 1. The summed E-state index contributed by atoms with van der Waals surface area (Å²) in [6.07, 6.45) is 2.18. The standard InChI is InChI=1S/C24H24Cl2FN3O3/c25-17-3-6-19(20(26)13-17)22-15-29-24(33-22)8-7-23(31)28-14-21(30-9-11-32-12-10-30)16-1-4-18(27)5-2-16/h1-6,13,15,21H,7-12,14H2,(H,28,31). The average Bonchev–Trinajstić information content (AvgIpc) is 3.28. The van der Waals surface area contributed by atoms with Crippen molar-refractivity contribution < 1.29 is 18.3 Å². The lowest BCUT2D eigenvalue weighted by Gasteiger charge is -2.35. The number of hydrogen-bond acceptors (Lipinski definition) is 5. The number of aromatic nitrogens is 1. The molecule has 6 nitrogen and oxygen atoms in total. The smallest absolute Gasteiger partial charge is 0.220 e. The van der Waals surface area contributed by atoms with Crippen LogP contribution in [-0.2, 0) is 16.0 Å². The highest BCUT2D eigenvalue weighted by Crippen LogP contribution is 2.31. The third kappa shape index (κ3) is 6.32. The third-order valence-corrected chi connectivity index (χ3v) is 6.10. The van der Waals surface area contributed by atoms with Crippen molar-refractivity contribution in [3.05, 3.63) is 76.0 Å². The topological polar surface area (TPSA) is 67.6 Å². The Hall–Kier alpha value is -2.45. The minimum atomic E-state index is -0.284. The van der Waals surface area contributed by atoms with Gasteiger partial charge in [0.2, 0.25) is 5.91 Å². The van der Waals surface area contributed by atoms with Gasteiger partial charge in [-0.05, 0) is 35.9 Å². The van der Waals surface area contributed by atoms with E-state index >= 15 is 0 Å². The van der Waals surface area contributed by atoms with E-state index in [0.717, 1.165) is 18.7 Å². The van der Waals surface area contributed by atoms with Crippen LogP contribution in [0, 0.1) is 5.82 Å². The zero-order valence-electron chi connectivity index (χ0n) is 17.9. The summed E-state index contributed by atoms with van der Waals surface area (Å²) in [5.41, 5.74) is 1.65. The molecule has 3 aromatic rings. The first kappa shape index (κ1) is 23.7.